The number of amides is 1. The van der Waals surface area contributed by atoms with E-state index in [1.807, 2.05) is 42.2 Å². The van der Waals surface area contributed by atoms with Gasteiger partial charge in [0.05, 0.1) is 0 Å². The van der Waals surface area contributed by atoms with Crippen LogP contribution in [0.25, 0.3) is 0 Å². The molecule has 0 saturated carbocycles. The van der Waals surface area contributed by atoms with Crippen molar-refractivity contribution < 1.29 is 4.79 Å². The fourth-order valence-corrected chi connectivity index (χ4v) is 2.09. The summed E-state index contributed by atoms with van der Waals surface area (Å²) in [6, 6.07) is 10.2. The number of nitrogens with one attached hydrogen (secondary N) is 1. The summed E-state index contributed by atoms with van der Waals surface area (Å²) in [4.78, 5) is 11.8. The second-order valence-electron chi connectivity index (χ2n) is 4.89. The molecule has 1 aromatic carbocycles. The van der Waals surface area contributed by atoms with Gasteiger partial charge in [-0.25, -0.2) is 0 Å². The van der Waals surface area contributed by atoms with Crippen molar-refractivity contribution in [3.05, 3.63) is 59.4 Å². The molecule has 19 heavy (non-hydrogen) atoms. The summed E-state index contributed by atoms with van der Waals surface area (Å²) in [5, 5.41) is 2.95. The Balaban J connectivity index is 1.77. The van der Waals surface area contributed by atoms with E-state index >= 15 is 0 Å². The number of aromatic nitrogens is 1. The molecule has 1 amide bonds. The highest BCUT2D eigenvalue weighted by atomic mass is 16.1. The molecule has 1 N–H and O–H groups in total. The zero-order chi connectivity index (χ0) is 13.7. The van der Waals surface area contributed by atoms with Crippen molar-refractivity contribution in [1.29, 1.82) is 0 Å². The quantitative estimate of drug-likeness (QED) is 0.876. The number of benzene rings is 1. The molecule has 0 unspecified atom stereocenters. The van der Waals surface area contributed by atoms with Gasteiger partial charge in [-0.15, -0.1) is 0 Å². The van der Waals surface area contributed by atoms with Crippen molar-refractivity contribution in [2.45, 2.75) is 26.3 Å². The minimum atomic E-state index is 0.104. The van der Waals surface area contributed by atoms with Gasteiger partial charge in [-0.2, -0.15) is 0 Å². The molecule has 0 fully saturated rings. The van der Waals surface area contributed by atoms with Crippen LogP contribution in [0.1, 0.15) is 23.1 Å². The van der Waals surface area contributed by atoms with Gasteiger partial charge in [0, 0.05) is 32.4 Å². The van der Waals surface area contributed by atoms with Crippen LogP contribution in [0.3, 0.4) is 0 Å². The molecule has 0 atom stereocenters. The van der Waals surface area contributed by atoms with Crippen molar-refractivity contribution in [3.63, 3.8) is 0 Å². The smallest absolute Gasteiger partial charge is 0.220 e. The highest BCUT2D eigenvalue weighted by Gasteiger charge is 2.04. The van der Waals surface area contributed by atoms with E-state index in [9.17, 15) is 4.79 Å². The summed E-state index contributed by atoms with van der Waals surface area (Å²) in [5.41, 5.74) is 3.63. The van der Waals surface area contributed by atoms with Gasteiger partial charge in [-0.3, -0.25) is 4.79 Å². The van der Waals surface area contributed by atoms with Crippen LogP contribution >= 0.6 is 0 Å². The zero-order valence-electron chi connectivity index (χ0n) is 11.5. The maximum absolute atomic E-state index is 11.8. The van der Waals surface area contributed by atoms with E-state index in [0.29, 0.717) is 13.0 Å². The normalized spacial score (nSPS) is 10.4. The SMILES string of the molecule is Cc1ccccc1CCC(=O)NCc1ccn(C)c1. The Kier molecular flexibility index (Phi) is 4.39. The van der Waals surface area contributed by atoms with Gasteiger partial charge in [0.25, 0.3) is 0 Å². The van der Waals surface area contributed by atoms with Gasteiger partial charge < -0.3 is 9.88 Å². The Morgan fingerprint density at radius 2 is 2.05 bits per heavy atom. The third kappa shape index (κ3) is 3.98. The van der Waals surface area contributed by atoms with E-state index in [2.05, 4.69) is 24.4 Å². The van der Waals surface area contributed by atoms with Gasteiger partial charge in [-0.1, -0.05) is 24.3 Å². The topological polar surface area (TPSA) is 34.0 Å². The lowest BCUT2D eigenvalue weighted by Gasteiger charge is -2.06. The van der Waals surface area contributed by atoms with Crippen molar-refractivity contribution in [3.8, 4) is 0 Å². The van der Waals surface area contributed by atoms with E-state index in [-0.39, 0.29) is 5.91 Å². The van der Waals surface area contributed by atoms with E-state index in [4.69, 9.17) is 0 Å². The van der Waals surface area contributed by atoms with Crippen LogP contribution in [-0.2, 0) is 24.8 Å². The minimum Gasteiger partial charge on any atom is -0.357 e. The summed E-state index contributed by atoms with van der Waals surface area (Å²) in [6.07, 6.45) is 5.33. The Hall–Kier alpha value is -2.03. The molecular weight excluding hydrogens is 236 g/mol. The lowest BCUT2D eigenvalue weighted by Crippen LogP contribution is -2.22. The average molecular weight is 256 g/mol. The molecule has 100 valence electrons. The number of nitrogens with zero attached hydrogens (tertiary/aromatic N) is 1. The van der Waals surface area contributed by atoms with Crippen LogP contribution in [0, 0.1) is 6.92 Å². The van der Waals surface area contributed by atoms with Crippen LogP contribution in [0.15, 0.2) is 42.7 Å². The van der Waals surface area contributed by atoms with Crippen LogP contribution < -0.4 is 5.32 Å². The fourth-order valence-electron chi connectivity index (χ4n) is 2.09. The molecule has 3 heteroatoms. The molecule has 0 aliphatic carbocycles. The number of aryl methyl sites for hydroxylation is 3. The Morgan fingerprint density at radius 1 is 1.26 bits per heavy atom. The predicted octanol–water partition coefficient (Wildman–Crippen LogP) is 2.58. The van der Waals surface area contributed by atoms with Crippen molar-refractivity contribution in [1.82, 2.24) is 9.88 Å². The first-order valence-corrected chi connectivity index (χ1v) is 6.57. The van der Waals surface area contributed by atoms with E-state index in [0.717, 1.165) is 12.0 Å². The maximum atomic E-state index is 11.8. The third-order valence-electron chi connectivity index (χ3n) is 3.27. The molecule has 2 rings (SSSR count). The molecule has 3 nitrogen and oxygen atoms in total. The molecule has 2 aromatic rings. The molecule has 0 saturated heterocycles. The molecule has 1 aromatic heterocycles. The van der Waals surface area contributed by atoms with Gasteiger partial charge >= 0.3 is 0 Å². The molecule has 0 aliphatic heterocycles. The summed E-state index contributed by atoms with van der Waals surface area (Å²) in [5.74, 6) is 0.104. The molecule has 0 radical (unpaired) electrons. The van der Waals surface area contributed by atoms with Gasteiger partial charge in [0.2, 0.25) is 5.91 Å². The highest BCUT2D eigenvalue weighted by molar-refractivity contribution is 5.76. The molecule has 1 heterocycles. The average Bonchev–Trinajstić information content (AvgIpc) is 2.81. The molecular formula is C16H20N2O. The summed E-state index contributed by atoms with van der Waals surface area (Å²) in [6.45, 7) is 2.69. The number of carbonyl (C=O) groups excluding carboxylic acids is 1. The zero-order valence-corrected chi connectivity index (χ0v) is 11.5. The van der Waals surface area contributed by atoms with Crippen LogP contribution in [-0.4, -0.2) is 10.5 Å². The lowest BCUT2D eigenvalue weighted by atomic mass is 10.0. The lowest BCUT2D eigenvalue weighted by molar-refractivity contribution is -0.121. The first kappa shape index (κ1) is 13.4. The minimum absolute atomic E-state index is 0.104. The first-order chi connectivity index (χ1) is 9.15. The van der Waals surface area contributed by atoms with Gasteiger partial charge in [0.1, 0.15) is 0 Å². The van der Waals surface area contributed by atoms with Crippen LogP contribution in [0.2, 0.25) is 0 Å². The predicted molar refractivity (Wildman–Crippen MR) is 76.8 cm³/mol. The number of hydrogen-bond donors (Lipinski definition) is 1. The Bertz CT molecular complexity index is 557. The summed E-state index contributed by atoms with van der Waals surface area (Å²) >= 11 is 0. The van der Waals surface area contributed by atoms with Crippen LogP contribution in [0.5, 0.6) is 0 Å². The number of carbonyl (C=O) groups is 1. The second-order valence-corrected chi connectivity index (χ2v) is 4.89. The summed E-state index contributed by atoms with van der Waals surface area (Å²) < 4.78 is 1.98. The Morgan fingerprint density at radius 3 is 2.74 bits per heavy atom. The Labute approximate surface area is 114 Å². The standard InChI is InChI=1S/C16H20N2O/c1-13-5-3-4-6-15(13)7-8-16(19)17-11-14-9-10-18(2)12-14/h3-6,9-10,12H,7-8,11H2,1-2H3,(H,17,19). The molecule has 0 bridgehead atoms. The molecule has 0 aliphatic rings. The van der Waals surface area contributed by atoms with E-state index < -0.39 is 0 Å². The van der Waals surface area contributed by atoms with Crippen molar-refractivity contribution >= 4 is 5.91 Å². The van der Waals surface area contributed by atoms with Crippen LogP contribution in [0.4, 0.5) is 0 Å². The van der Waals surface area contributed by atoms with E-state index in [1.54, 1.807) is 0 Å². The van der Waals surface area contributed by atoms with Crippen molar-refractivity contribution in [2.24, 2.45) is 7.05 Å². The van der Waals surface area contributed by atoms with Crippen molar-refractivity contribution in [2.75, 3.05) is 0 Å². The second kappa shape index (κ2) is 6.23. The van der Waals surface area contributed by atoms with Gasteiger partial charge in [0.15, 0.2) is 0 Å². The number of rotatable bonds is 5. The first-order valence-electron chi connectivity index (χ1n) is 6.57. The largest absolute Gasteiger partial charge is 0.357 e. The third-order valence-corrected chi connectivity index (χ3v) is 3.27. The fraction of sp³-hybridized carbons (Fsp3) is 0.312. The van der Waals surface area contributed by atoms with E-state index in [1.165, 1.54) is 11.1 Å². The molecule has 0 spiro atoms. The maximum Gasteiger partial charge on any atom is 0.220 e. The summed E-state index contributed by atoms with van der Waals surface area (Å²) in [7, 11) is 1.98. The monoisotopic (exact) mass is 256 g/mol. The highest BCUT2D eigenvalue weighted by Crippen LogP contribution is 2.09. The number of hydrogen-bond acceptors (Lipinski definition) is 1. The van der Waals surface area contributed by atoms with Gasteiger partial charge in [-0.05, 0) is 36.1 Å².